The molecule has 1 aliphatic carbocycles. The molecule has 1 aromatic carbocycles. The van der Waals surface area contributed by atoms with Crippen LogP contribution in [0.1, 0.15) is 88.7 Å². The van der Waals surface area contributed by atoms with E-state index in [2.05, 4.69) is 32.3 Å². The number of aliphatic hydroxyl groups is 3. The zero-order valence-electron chi connectivity index (χ0n) is 33.1. The number of aliphatic imine (C=N–C) groups is 1. The number of guanidine groups is 1. The Morgan fingerprint density at radius 2 is 1.95 bits per heavy atom. The van der Waals surface area contributed by atoms with E-state index in [0.29, 0.717) is 67.6 Å². The number of aliphatic hydroxyl groups excluding tert-OH is 3. The van der Waals surface area contributed by atoms with Gasteiger partial charge in [-0.05, 0) is 112 Å². The fourth-order valence-electron chi connectivity index (χ4n) is 11.9. The van der Waals surface area contributed by atoms with Gasteiger partial charge < -0.3 is 46.3 Å². The number of nitrogens with two attached hydrogens (primary N) is 1. The molecule has 308 valence electrons. The Bertz CT molecular complexity index is 1650. The van der Waals surface area contributed by atoms with Gasteiger partial charge in [0.05, 0.1) is 31.4 Å². The maximum atomic E-state index is 12.8. The molecule has 7 aliphatic heterocycles. The number of carbonyl (C=O) groups excluding carboxylic acids is 1. The van der Waals surface area contributed by atoms with E-state index in [1.54, 1.807) is 6.07 Å². The van der Waals surface area contributed by atoms with Gasteiger partial charge in [-0.25, -0.2) is 4.99 Å². The third kappa shape index (κ3) is 8.38. The van der Waals surface area contributed by atoms with Crippen LogP contribution in [-0.2, 0) is 22.6 Å². The monoisotopic (exact) mass is 776 g/mol. The third-order valence-corrected chi connectivity index (χ3v) is 14.7. The van der Waals surface area contributed by atoms with Gasteiger partial charge in [-0.15, -0.1) is 0 Å². The summed E-state index contributed by atoms with van der Waals surface area (Å²) >= 11 is 0. The average Bonchev–Trinajstić information content (AvgIpc) is 3.19. The largest absolute Gasteiger partial charge is 0.504 e. The van der Waals surface area contributed by atoms with Crippen LogP contribution in [0.25, 0.3) is 0 Å². The van der Waals surface area contributed by atoms with Gasteiger partial charge >= 0.3 is 5.97 Å². The number of carbonyl (C=O) groups is 1. The number of nitrogens with zero attached hydrogens (tertiary/aromatic N) is 3. The minimum atomic E-state index is -0.752. The van der Waals surface area contributed by atoms with Crippen molar-refractivity contribution in [2.75, 3.05) is 46.0 Å². The number of phenolic OH excluding ortho intramolecular Hbond substituents is 1. The molecule has 8 N–H and O–H groups in total. The number of nitrogens with one attached hydrogen (secondary N) is 2. The van der Waals surface area contributed by atoms with Crippen LogP contribution in [-0.4, -0.2) is 125 Å². The second-order valence-corrected chi connectivity index (χ2v) is 18.2. The highest BCUT2D eigenvalue weighted by molar-refractivity contribution is 5.77. The van der Waals surface area contributed by atoms with Crippen LogP contribution in [0, 0.1) is 46.8 Å². The first kappa shape index (κ1) is 39.7. The molecule has 8 aliphatic rings. The van der Waals surface area contributed by atoms with Gasteiger partial charge in [0.15, 0.2) is 17.5 Å². The second-order valence-electron chi connectivity index (χ2n) is 18.2. The number of ether oxygens (including phenoxy) is 2. The van der Waals surface area contributed by atoms with Gasteiger partial charge in [-0.1, -0.05) is 18.3 Å². The quantitative estimate of drug-likeness (QED) is 0.176. The van der Waals surface area contributed by atoms with E-state index in [4.69, 9.17) is 20.2 Å². The standard InChI is InChI=1S/C43H64N6O7/c1-26(52)55-40-18-34(53)8-11-43(24-46-42(44)47-25-48-19-29-13-30(20-48)38(23-51)49-21-32(43)5-6-37(29)49)10-7-27-3-2-4-33-17-35(9-12-45-33)56-41-16-28(14-36(27)40)31(22-50)15-39(41)54/h15-16,27,29-30,32-38,40,45,50-51,53-54H,2-6,8-9,11-14,17-25H2,1H3,(H3,44,46,47)/t27-,29+,30+,32-,33-,34-,35+,36-,37+,38+,40+,43+/m0/s1. The van der Waals surface area contributed by atoms with Crippen LogP contribution in [0.3, 0.4) is 0 Å². The van der Waals surface area contributed by atoms with Crippen LogP contribution in [0.2, 0.25) is 0 Å². The van der Waals surface area contributed by atoms with Crippen molar-refractivity contribution in [1.29, 1.82) is 0 Å². The normalized spacial score (nSPS) is 41.2. The molecule has 0 aromatic heterocycles. The van der Waals surface area contributed by atoms with Crippen molar-refractivity contribution in [3.63, 3.8) is 0 Å². The molecule has 13 nitrogen and oxygen atoms in total. The molecular formula is C43H64N6O7. The van der Waals surface area contributed by atoms with Gasteiger partial charge in [0, 0.05) is 69.5 Å². The Hall–Kier alpha value is -3.12. The lowest BCUT2D eigenvalue weighted by Gasteiger charge is -2.58. The second kappa shape index (κ2) is 17.0. The summed E-state index contributed by atoms with van der Waals surface area (Å²) in [5.41, 5.74) is 7.47. The lowest BCUT2D eigenvalue weighted by molar-refractivity contribution is -0.152. The topological polar surface area (TPSA) is 185 Å². The van der Waals surface area contributed by atoms with Crippen molar-refractivity contribution in [3.05, 3.63) is 23.3 Å². The summed E-state index contributed by atoms with van der Waals surface area (Å²) in [6.07, 6.45) is 7.81. The fraction of sp³-hybridized carbons (Fsp3) is 0.767. The van der Waals surface area contributed by atoms with E-state index >= 15 is 0 Å². The molecule has 7 heterocycles. The zero-order chi connectivity index (χ0) is 39.0. The van der Waals surface area contributed by atoms with Crippen LogP contribution in [0.5, 0.6) is 11.5 Å². The smallest absolute Gasteiger partial charge is 0.302 e. The lowest BCUT2D eigenvalue weighted by atomic mass is 9.63. The lowest BCUT2D eigenvalue weighted by Crippen LogP contribution is -2.66. The highest BCUT2D eigenvalue weighted by Gasteiger charge is 2.52. The van der Waals surface area contributed by atoms with Gasteiger partial charge in [0.25, 0.3) is 0 Å². The molecule has 1 aromatic rings. The molecule has 13 heteroatoms. The van der Waals surface area contributed by atoms with E-state index in [1.807, 2.05) is 6.07 Å². The Labute approximate surface area is 331 Å². The third-order valence-electron chi connectivity index (χ3n) is 14.7. The first-order valence-corrected chi connectivity index (χ1v) is 21.5. The molecule has 0 radical (unpaired) electrons. The molecule has 0 saturated carbocycles. The molecule has 4 fully saturated rings. The number of aromatic hydroxyl groups is 1. The summed E-state index contributed by atoms with van der Waals surface area (Å²) in [6, 6.07) is 4.20. The number of hydrogen-bond acceptors (Lipinski definition) is 13. The minimum absolute atomic E-state index is 0.0000439. The van der Waals surface area contributed by atoms with Crippen molar-refractivity contribution < 1.29 is 34.7 Å². The average molecular weight is 777 g/mol. The van der Waals surface area contributed by atoms with Crippen molar-refractivity contribution in [2.24, 2.45) is 45.7 Å². The van der Waals surface area contributed by atoms with Gasteiger partial charge in [0.1, 0.15) is 12.2 Å². The van der Waals surface area contributed by atoms with Gasteiger partial charge in [-0.3, -0.25) is 14.6 Å². The molecule has 10 bridgehead atoms. The van der Waals surface area contributed by atoms with Crippen LogP contribution < -0.4 is 21.1 Å². The SMILES string of the molecule is CC(=O)O[C@@H]1C[C@@H](O)CC[C@]2(C#C[C@@H]3CCC[C@H]4C[C@@H](CCN4)Oc4cc(c(CO)cc4O)C[C@@H]31)CNC(N)=NCN1C[C@H]3C[C@H](C1)[C@H]1CC[C@H]2CN1[C@@H]3CO. The van der Waals surface area contributed by atoms with Crippen LogP contribution >= 0.6 is 0 Å². The molecule has 2 unspecified atom stereocenters. The summed E-state index contributed by atoms with van der Waals surface area (Å²) in [4.78, 5) is 22.6. The predicted octanol–water partition coefficient (Wildman–Crippen LogP) is 2.08. The van der Waals surface area contributed by atoms with Crippen molar-refractivity contribution >= 4 is 11.9 Å². The molecule has 56 heavy (non-hydrogen) atoms. The fourth-order valence-corrected chi connectivity index (χ4v) is 11.9. The maximum absolute atomic E-state index is 12.8. The molecule has 4 saturated heterocycles. The molecular weight excluding hydrogens is 713 g/mol. The minimum Gasteiger partial charge on any atom is -0.504 e. The Morgan fingerprint density at radius 3 is 2.77 bits per heavy atom. The highest BCUT2D eigenvalue weighted by atomic mass is 16.5. The maximum Gasteiger partial charge on any atom is 0.302 e. The van der Waals surface area contributed by atoms with Crippen molar-refractivity contribution in [1.82, 2.24) is 20.4 Å². The molecule has 0 amide bonds. The van der Waals surface area contributed by atoms with E-state index in [-0.39, 0.29) is 61.3 Å². The predicted molar refractivity (Wildman–Crippen MR) is 211 cm³/mol. The van der Waals surface area contributed by atoms with Crippen LogP contribution in [0.4, 0.5) is 0 Å². The number of rotatable bonds is 3. The Balaban J connectivity index is 1.23. The Morgan fingerprint density at radius 1 is 1.09 bits per heavy atom. The zero-order valence-corrected chi connectivity index (χ0v) is 33.1. The van der Waals surface area contributed by atoms with Crippen molar-refractivity contribution in [3.8, 4) is 23.3 Å². The number of phenols is 1. The van der Waals surface area contributed by atoms with Gasteiger partial charge in [-0.2, -0.15) is 0 Å². The number of benzene rings is 1. The summed E-state index contributed by atoms with van der Waals surface area (Å²) in [6.45, 7) is 5.85. The Kier molecular flexibility index (Phi) is 12.1. The van der Waals surface area contributed by atoms with Gasteiger partial charge in [0.2, 0.25) is 0 Å². The first-order chi connectivity index (χ1) is 27.1. The molecule has 1 spiro atoms. The van der Waals surface area contributed by atoms with E-state index in [0.717, 1.165) is 83.1 Å². The summed E-state index contributed by atoms with van der Waals surface area (Å²) in [5, 5.41) is 51.6. The number of piperidine rings is 4. The number of esters is 1. The van der Waals surface area contributed by atoms with E-state index in [9.17, 15) is 25.2 Å². The molecule has 14 atom stereocenters. The van der Waals surface area contributed by atoms with Crippen LogP contribution in [0.15, 0.2) is 17.1 Å². The number of hydrogen-bond donors (Lipinski definition) is 7. The van der Waals surface area contributed by atoms with E-state index < -0.39 is 23.6 Å². The van der Waals surface area contributed by atoms with Crippen molar-refractivity contribution in [2.45, 2.75) is 127 Å². The van der Waals surface area contributed by atoms with E-state index in [1.165, 1.54) is 6.92 Å². The summed E-state index contributed by atoms with van der Waals surface area (Å²) in [7, 11) is 0. The number of fused-ring (bicyclic) bond motifs is 9. The molecule has 9 rings (SSSR count). The highest BCUT2D eigenvalue weighted by Crippen LogP contribution is 2.48. The summed E-state index contributed by atoms with van der Waals surface area (Å²) < 4.78 is 12.6. The summed E-state index contributed by atoms with van der Waals surface area (Å²) in [5.74, 6) is 8.78. The first-order valence-electron chi connectivity index (χ1n) is 21.5.